The topological polar surface area (TPSA) is 78.9 Å². The lowest BCUT2D eigenvalue weighted by Gasteiger charge is -2.18. The van der Waals surface area contributed by atoms with E-state index in [0.29, 0.717) is 19.3 Å². The molecule has 476 valence electrons. The van der Waals surface area contributed by atoms with Crippen molar-refractivity contribution in [3.63, 3.8) is 0 Å². The summed E-state index contributed by atoms with van der Waals surface area (Å²) in [6, 6.07) is 0. The van der Waals surface area contributed by atoms with Crippen LogP contribution in [-0.4, -0.2) is 37.2 Å². The van der Waals surface area contributed by atoms with Gasteiger partial charge in [0.05, 0.1) is 0 Å². The summed E-state index contributed by atoms with van der Waals surface area (Å²) >= 11 is 0. The Bertz CT molecular complexity index is 1200. The first kappa shape index (κ1) is 78.4. The highest BCUT2D eigenvalue weighted by Crippen LogP contribution is 2.20. The lowest BCUT2D eigenvalue weighted by atomic mass is 10.0. The minimum absolute atomic E-state index is 0.0601. The Labute approximate surface area is 501 Å². The number of ether oxygens (including phenoxy) is 3. The van der Waals surface area contributed by atoms with E-state index >= 15 is 0 Å². The molecule has 6 nitrogen and oxygen atoms in total. The fraction of sp³-hybridized carbons (Fsp3) is 0.959. The lowest BCUT2D eigenvalue weighted by Crippen LogP contribution is -2.30. The van der Waals surface area contributed by atoms with E-state index in [0.717, 1.165) is 57.8 Å². The summed E-state index contributed by atoms with van der Waals surface area (Å²) in [5.41, 5.74) is 0. The quantitative estimate of drug-likeness (QED) is 0.0343. The van der Waals surface area contributed by atoms with E-state index in [1.54, 1.807) is 0 Å². The second kappa shape index (κ2) is 69.9. The Kier molecular flexibility index (Phi) is 68.5. The van der Waals surface area contributed by atoms with Gasteiger partial charge in [0, 0.05) is 19.3 Å². The summed E-state index contributed by atoms with van der Waals surface area (Å²) < 4.78 is 17.0. The fourth-order valence-electron chi connectivity index (χ4n) is 11.8. The zero-order chi connectivity index (χ0) is 57.8. The van der Waals surface area contributed by atoms with Crippen LogP contribution < -0.4 is 0 Å². The van der Waals surface area contributed by atoms with Crippen LogP contribution in [0.4, 0.5) is 0 Å². The monoisotopic (exact) mass is 1130 g/mol. The van der Waals surface area contributed by atoms with Crippen molar-refractivity contribution in [3.8, 4) is 0 Å². The molecule has 0 aliphatic rings. The standard InChI is InChI=1S/C74H144O6/c1-4-7-10-13-16-19-22-25-27-29-31-33-34-35-36-37-38-39-40-41-43-44-46-49-52-55-58-61-64-67-73(76)79-70-71(69-78-72(75)66-63-60-57-54-51-48-24-21-18-15-12-9-6-3)80-74(77)68-65-62-59-56-53-50-47-45-42-32-30-28-26-23-20-17-14-11-8-5-2/h71H,4-70H2,1-3H3. The Hall–Kier alpha value is -1.59. The number of carbonyl (C=O) groups is 3. The molecule has 6 heteroatoms. The first-order valence-electron chi connectivity index (χ1n) is 37.0. The van der Waals surface area contributed by atoms with Crippen LogP contribution in [0.3, 0.4) is 0 Å². The first-order chi connectivity index (χ1) is 39.5. The largest absolute Gasteiger partial charge is 0.462 e. The Balaban J connectivity index is 4.13. The van der Waals surface area contributed by atoms with E-state index in [-0.39, 0.29) is 31.1 Å². The van der Waals surface area contributed by atoms with E-state index in [1.165, 1.54) is 340 Å². The van der Waals surface area contributed by atoms with Gasteiger partial charge in [-0.15, -0.1) is 0 Å². The van der Waals surface area contributed by atoms with E-state index in [4.69, 9.17) is 14.2 Å². The average Bonchev–Trinajstić information content (AvgIpc) is 3.46. The van der Waals surface area contributed by atoms with E-state index in [1.807, 2.05) is 0 Å². The maximum absolute atomic E-state index is 13.0. The van der Waals surface area contributed by atoms with Gasteiger partial charge in [0.15, 0.2) is 6.10 Å². The molecule has 0 saturated carbocycles. The van der Waals surface area contributed by atoms with Crippen molar-refractivity contribution in [3.05, 3.63) is 0 Å². The number of esters is 3. The van der Waals surface area contributed by atoms with Crippen molar-refractivity contribution in [1.29, 1.82) is 0 Å². The van der Waals surface area contributed by atoms with Crippen LogP contribution in [0, 0.1) is 0 Å². The second-order valence-electron chi connectivity index (χ2n) is 25.6. The van der Waals surface area contributed by atoms with E-state index < -0.39 is 6.10 Å². The molecule has 0 spiro atoms. The van der Waals surface area contributed by atoms with Gasteiger partial charge in [-0.3, -0.25) is 14.4 Å². The van der Waals surface area contributed by atoms with Crippen molar-refractivity contribution in [2.45, 2.75) is 444 Å². The molecule has 80 heavy (non-hydrogen) atoms. The van der Waals surface area contributed by atoms with Gasteiger partial charge in [0.1, 0.15) is 13.2 Å². The van der Waals surface area contributed by atoms with Crippen LogP contribution in [0.5, 0.6) is 0 Å². The SMILES string of the molecule is CCCCCCCCCCCCCCCCCCCCCCCCCCCCCCCC(=O)OCC(COC(=O)CCCCCCCCCCCCCCC)OC(=O)CCCCCCCCCCCCCCCCCCCCCC. The van der Waals surface area contributed by atoms with Crippen molar-refractivity contribution in [2.24, 2.45) is 0 Å². The van der Waals surface area contributed by atoms with Gasteiger partial charge in [-0.2, -0.15) is 0 Å². The van der Waals surface area contributed by atoms with Gasteiger partial charge in [-0.05, 0) is 19.3 Å². The molecule has 0 bridgehead atoms. The predicted octanol–water partition coefficient (Wildman–Crippen LogP) is 25.4. The Morgan fingerprint density at radius 1 is 0.200 bits per heavy atom. The molecule has 0 heterocycles. The minimum Gasteiger partial charge on any atom is -0.462 e. The fourth-order valence-corrected chi connectivity index (χ4v) is 11.8. The third-order valence-corrected chi connectivity index (χ3v) is 17.4. The molecule has 0 aromatic carbocycles. The molecule has 0 rings (SSSR count). The molecule has 0 radical (unpaired) electrons. The third kappa shape index (κ3) is 67.2. The van der Waals surface area contributed by atoms with Crippen LogP contribution in [0.1, 0.15) is 438 Å². The molecular formula is C74H144O6. The Morgan fingerprint density at radius 2 is 0.338 bits per heavy atom. The van der Waals surface area contributed by atoms with Gasteiger partial charge in [0.2, 0.25) is 0 Å². The van der Waals surface area contributed by atoms with Gasteiger partial charge < -0.3 is 14.2 Å². The van der Waals surface area contributed by atoms with Gasteiger partial charge in [0.25, 0.3) is 0 Å². The number of hydrogen-bond donors (Lipinski definition) is 0. The smallest absolute Gasteiger partial charge is 0.306 e. The summed E-state index contributed by atoms with van der Waals surface area (Å²) in [4.78, 5) is 38.4. The van der Waals surface area contributed by atoms with Crippen molar-refractivity contribution >= 4 is 17.9 Å². The molecule has 0 saturated heterocycles. The number of carbonyl (C=O) groups excluding carboxylic acids is 3. The molecule has 0 aliphatic heterocycles. The maximum atomic E-state index is 13.0. The lowest BCUT2D eigenvalue weighted by molar-refractivity contribution is -0.167. The summed E-state index contributed by atoms with van der Waals surface area (Å²) in [7, 11) is 0. The predicted molar refractivity (Wildman–Crippen MR) is 349 cm³/mol. The van der Waals surface area contributed by atoms with Crippen LogP contribution >= 0.6 is 0 Å². The van der Waals surface area contributed by atoms with Crippen LogP contribution in [0.2, 0.25) is 0 Å². The van der Waals surface area contributed by atoms with Gasteiger partial charge in [-0.25, -0.2) is 0 Å². The van der Waals surface area contributed by atoms with Crippen LogP contribution in [0.25, 0.3) is 0 Å². The van der Waals surface area contributed by atoms with E-state index in [9.17, 15) is 14.4 Å². The highest BCUT2D eigenvalue weighted by molar-refractivity contribution is 5.71. The van der Waals surface area contributed by atoms with Crippen molar-refractivity contribution < 1.29 is 28.6 Å². The van der Waals surface area contributed by atoms with Crippen LogP contribution in [-0.2, 0) is 28.6 Å². The number of hydrogen-bond acceptors (Lipinski definition) is 6. The minimum atomic E-state index is -0.763. The average molecular weight is 1130 g/mol. The molecule has 0 fully saturated rings. The van der Waals surface area contributed by atoms with Gasteiger partial charge >= 0.3 is 17.9 Å². The van der Waals surface area contributed by atoms with Crippen LogP contribution in [0.15, 0.2) is 0 Å². The molecule has 0 aliphatic carbocycles. The second-order valence-corrected chi connectivity index (χ2v) is 25.6. The third-order valence-electron chi connectivity index (χ3n) is 17.4. The van der Waals surface area contributed by atoms with Gasteiger partial charge in [-0.1, -0.05) is 400 Å². The molecule has 0 aromatic heterocycles. The van der Waals surface area contributed by atoms with Crippen molar-refractivity contribution in [1.82, 2.24) is 0 Å². The first-order valence-corrected chi connectivity index (χ1v) is 37.0. The summed E-state index contributed by atoms with van der Waals surface area (Å²) in [5.74, 6) is -0.819. The van der Waals surface area contributed by atoms with Crippen molar-refractivity contribution in [2.75, 3.05) is 13.2 Å². The highest BCUT2D eigenvalue weighted by Gasteiger charge is 2.20. The summed E-state index contributed by atoms with van der Waals surface area (Å²) in [6.45, 7) is 6.75. The zero-order valence-electron chi connectivity index (χ0n) is 54.9. The number of rotatable bonds is 70. The highest BCUT2D eigenvalue weighted by atomic mass is 16.6. The normalized spacial score (nSPS) is 11.9. The molecule has 0 N–H and O–H groups in total. The number of unbranched alkanes of at least 4 members (excludes halogenated alkanes) is 59. The molecule has 1 unspecified atom stereocenters. The molecule has 0 aromatic rings. The molecular weight excluding hydrogens is 985 g/mol. The maximum Gasteiger partial charge on any atom is 0.306 e. The zero-order valence-corrected chi connectivity index (χ0v) is 54.9. The molecule has 0 amide bonds. The Morgan fingerprint density at radius 3 is 0.500 bits per heavy atom. The summed E-state index contributed by atoms with van der Waals surface area (Å²) in [5, 5.41) is 0. The van der Waals surface area contributed by atoms with E-state index in [2.05, 4.69) is 20.8 Å². The molecule has 1 atom stereocenters. The summed E-state index contributed by atoms with van der Waals surface area (Å²) in [6.07, 6.45) is 83.0.